The van der Waals surface area contributed by atoms with Gasteiger partial charge in [0.05, 0.1) is 15.4 Å². The molecule has 1 aromatic rings. The Morgan fingerprint density at radius 3 is 1.88 bits per heavy atom. The minimum atomic E-state index is -0.954. The van der Waals surface area contributed by atoms with Crippen LogP contribution in [0, 0.1) is 34.1 Å². The summed E-state index contributed by atoms with van der Waals surface area (Å²) in [7, 11) is 0. The van der Waals surface area contributed by atoms with Gasteiger partial charge in [0.25, 0.3) is 5.69 Å². The molecule has 0 amide bonds. The van der Waals surface area contributed by atoms with Crippen molar-refractivity contribution in [2.45, 2.75) is 13.8 Å². The summed E-state index contributed by atoms with van der Waals surface area (Å²) in [5.74, 6) is -0.842. The Labute approximate surface area is 94.8 Å². The van der Waals surface area contributed by atoms with Gasteiger partial charge >= 0.3 is 5.69 Å². The zero-order chi connectivity index (χ0) is 13.3. The van der Waals surface area contributed by atoms with Crippen LogP contribution in [-0.4, -0.2) is 21.2 Å². The molecular weight excluding hydrogens is 232 g/mol. The van der Waals surface area contributed by atoms with Crippen molar-refractivity contribution in [2.75, 3.05) is 0 Å². The summed E-state index contributed by atoms with van der Waals surface area (Å²) in [4.78, 5) is 30.4. The molecule has 1 rings (SSSR count). The topological polar surface area (TPSA) is 124 Å². The Morgan fingerprint density at radius 1 is 1.06 bits per heavy atom. The van der Waals surface area contributed by atoms with Crippen molar-refractivity contribution in [2.24, 2.45) is 0 Å². The van der Waals surface area contributed by atoms with E-state index in [1.807, 2.05) is 0 Å². The number of aldehydes is 1. The van der Waals surface area contributed by atoms with Crippen LogP contribution in [0.2, 0.25) is 0 Å². The maximum Gasteiger partial charge on any atom is 0.321 e. The van der Waals surface area contributed by atoms with E-state index in [9.17, 15) is 30.1 Å². The van der Waals surface area contributed by atoms with Gasteiger partial charge in [0.15, 0.2) is 6.29 Å². The average Bonchev–Trinajstić information content (AvgIpc) is 2.16. The number of nitro benzene ring substituents is 2. The first-order chi connectivity index (χ1) is 7.82. The number of carbonyl (C=O) groups excluding carboxylic acids is 1. The number of carbonyl (C=O) groups is 1. The Kier molecular flexibility index (Phi) is 3.07. The van der Waals surface area contributed by atoms with Crippen LogP contribution in [0.3, 0.4) is 0 Å². The van der Waals surface area contributed by atoms with E-state index >= 15 is 0 Å². The SMILES string of the molecule is Cc1c(C=O)c(O)c([N+](=O)[O-])c(C)c1[N+](=O)[O-]. The van der Waals surface area contributed by atoms with Crippen molar-refractivity contribution >= 4 is 17.7 Å². The molecule has 0 saturated heterocycles. The minimum Gasteiger partial charge on any atom is -0.502 e. The molecule has 0 bridgehead atoms. The van der Waals surface area contributed by atoms with Crippen LogP contribution < -0.4 is 0 Å². The maximum atomic E-state index is 10.8. The summed E-state index contributed by atoms with van der Waals surface area (Å²) < 4.78 is 0. The Balaban J connectivity index is 3.88. The monoisotopic (exact) mass is 240 g/mol. The second-order valence-electron chi connectivity index (χ2n) is 3.34. The van der Waals surface area contributed by atoms with Crippen LogP contribution in [0.25, 0.3) is 0 Å². The van der Waals surface area contributed by atoms with E-state index in [-0.39, 0.29) is 17.4 Å². The molecule has 1 aromatic carbocycles. The van der Waals surface area contributed by atoms with Gasteiger partial charge in [-0.1, -0.05) is 0 Å². The van der Waals surface area contributed by atoms with Crippen molar-refractivity contribution in [1.82, 2.24) is 0 Å². The number of hydrogen-bond acceptors (Lipinski definition) is 6. The van der Waals surface area contributed by atoms with Crippen LogP contribution >= 0.6 is 0 Å². The molecule has 0 spiro atoms. The number of phenols is 1. The van der Waals surface area contributed by atoms with E-state index in [0.29, 0.717) is 0 Å². The van der Waals surface area contributed by atoms with Crippen molar-refractivity contribution < 1.29 is 19.7 Å². The number of rotatable bonds is 3. The first-order valence-electron chi connectivity index (χ1n) is 4.43. The van der Waals surface area contributed by atoms with Crippen LogP contribution in [0.5, 0.6) is 5.75 Å². The van der Waals surface area contributed by atoms with Crippen molar-refractivity contribution in [3.8, 4) is 5.75 Å². The Bertz CT molecular complexity index is 496. The van der Waals surface area contributed by atoms with Gasteiger partial charge in [-0.2, -0.15) is 0 Å². The lowest BCUT2D eigenvalue weighted by molar-refractivity contribution is -0.396. The lowest BCUT2D eigenvalue weighted by atomic mass is 10.00. The molecule has 0 radical (unpaired) electrons. The minimum absolute atomic E-state index is 0.0920. The third-order valence-electron chi connectivity index (χ3n) is 2.43. The van der Waals surface area contributed by atoms with E-state index < -0.39 is 32.5 Å². The number of hydrogen-bond donors (Lipinski definition) is 1. The zero-order valence-corrected chi connectivity index (χ0v) is 8.96. The predicted octanol–water partition coefficient (Wildman–Crippen LogP) is 1.64. The number of phenolic OH excluding ortho intramolecular Hbond substituents is 1. The average molecular weight is 240 g/mol. The molecule has 1 N–H and O–H groups in total. The van der Waals surface area contributed by atoms with Gasteiger partial charge in [0.2, 0.25) is 5.75 Å². The summed E-state index contributed by atoms with van der Waals surface area (Å²) in [6.45, 7) is 2.40. The fourth-order valence-electron chi connectivity index (χ4n) is 1.65. The number of nitrogens with zero attached hydrogens (tertiary/aromatic N) is 2. The predicted molar refractivity (Wildman–Crippen MR) is 56.3 cm³/mol. The molecule has 0 aliphatic carbocycles. The number of benzene rings is 1. The van der Waals surface area contributed by atoms with Crippen molar-refractivity contribution in [3.05, 3.63) is 36.9 Å². The fourth-order valence-corrected chi connectivity index (χ4v) is 1.65. The molecule has 90 valence electrons. The lowest BCUT2D eigenvalue weighted by Crippen LogP contribution is -2.04. The molecule has 0 aliphatic rings. The third-order valence-corrected chi connectivity index (χ3v) is 2.43. The Morgan fingerprint density at radius 2 is 1.53 bits per heavy atom. The summed E-state index contributed by atoms with van der Waals surface area (Å²) in [5, 5.41) is 31.0. The van der Waals surface area contributed by atoms with Gasteiger partial charge in [-0.3, -0.25) is 25.0 Å². The van der Waals surface area contributed by atoms with Crippen molar-refractivity contribution in [1.29, 1.82) is 0 Å². The number of nitro groups is 2. The molecule has 8 heteroatoms. The van der Waals surface area contributed by atoms with Crippen molar-refractivity contribution in [3.63, 3.8) is 0 Å². The Hall–Kier alpha value is -2.51. The highest BCUT2D eigenvalue weighted by Crippen LogP contribution is 2.41. The first kappa shape index (κ1) is 12.6. The molecule has 0 unspecified atom stereocenters. The van der Waals surface area contributed by atoms with E-state index in [2.05, 4.69) is 0 Å². The van der Waals surface area contributed by atoms with E-state index in [1.54, 1.807) is 0 Å². The second-order valence-corrected chi connectivity index (χ2v) is 3.34. The summed E-state index contributed by atoms with van der Waals surface area (Å²) >= 11 is 0. The van der Waals surface area contributed by atoms with Gasteiger partial charge < -0.3 is 5.11 Å². The molecule has 0 atom stereocenters. The smallest absolute Gasteiger partial charge is 0.321 e. The molecule has 0 aliphatic heterocycles. The van der Waals surface area contributed by atoms with Gasteiger partial charge in [-0.15, -0.1) is 0 Å². The molecule has 0 aromatic heterocycles. The molecule has 0 fully saturated rings. The molecule has 0 saturated carbocycles. The summed E-state index contributed by atoms with van der Waals surface area (Å²) in [6, 6.07) is 0. The van der Waals surface area contributed by atoms with Crippen LogP contribution in [-0.2, 0) is 0 Å². The third kappa shape index (κ3) is 1.80. The van der Waals surface area contributed by atoms with Crippen LogP contribution in [0.1, 0.15) is 21.5 Å². The first-order valence-corrected chi connectivity index (χ1v) is 4.43. The highest BCUT2D eigenvalue weighted by molar-refractivity contribution is 5.88. The van der Waals surface area contributed by atoms with Crippen LogP contribution in [0.4, 0.5) is 11.4 Å². The maximum absolute atomic E-state index is 10.8. The van der Waals surface area contributed by atoms with Gasteiger partial charge in [0.1, 0.15) is 5.56 Å². The highest BCUT2D eigenvalue weighted by atomic mass is 16.6. The van der Waals surface area contributed by atoms with Gasteiger partial charge in [0, 0.05) is 5.56 Å². The standard InChI is InChI=1S/C9H8N2O6/c1-4-6(3-12)9(13)8(11(16)17)5(2)7(4)10(14)15/h3,13H,1-2H3. The quantitative estimate of drug-likeness (QED) is 0.486. The second kappa shape index (κ2) is 4.16. The van der Waals surface area contributed by atoms with E-state index in [1.165, 1.54) is 6.92 Å². The normalized spacial score (nSPS) is 10.0. The van der Waals surface area contributed by atoms with E-state index in [4.69, 9.17) is 0 Å². The summed E-state index contributed by atoms with van der Waals surface area (Å²) in [6.07, 6.45) is 0.157. The molecule has 8 nitrogen and oxygen atoms in total. The van der Waals surface area contributed by atoms with Gasteiger partial charge in [-0.05, 0) is 13.8 Å². The highest BCUT2D eigenvalue weighted by Gasteiger charge is 2.32. The van der Waals surface area contributed by atoms with E-state index in [0.717, 1.165) is 6.92 Å². The molecule has 0 heterocycles. The fraction of sp³-hybridized carbons (Fsp3) is 0.222. The largest absolute Gasteiger partial charge is 0.502 e. The molecule has 17 heavy (non-hydrogen) atoms. The summed E-state index contributed by atoms with van der Waals surface area (Å²) in [5.41, 5.74) is -2.15. The number of aromatic hydroxyl groups is 1. The zero-order valence-electron chi connectivity index (χ0n) is 8.96. The molecular formula is C9H8N2O6. The lowest BCUT2D eigenvalue weighted by Gasteiger charge is -2.07. The van der Waals surface area contributed by atoms with Gasteiger partial charge in [-0.25, -0.2) is 0 Å². The van der Waals surface area contributed by atoms with Crippen LogP contribution in [0.15, 0.2) is 0 Å².